The summed E-state index contributed by atoms with van der Waals surface area (Å²) in [6.07, 6.45) is 6.15. The van der Waals surface area contributed by atoms with E-state index in [0.717, 1.165) is 0 Å². The molecule has 2 rings (SSSR count). The van der Waals surface area contributed by atoms with Gasteiger partial charge in [0.1, 0.15) is 18.8 Å². The topological polar surface area (TPSA) is 98.2 Å². The molecule has 2 amide bonds. The van der Waals surface area contributed by atoms with Crippen molar-refractivity contribution >= 4 is 35.3 Å². The summed E-state index contributed by atoms with van der Waals surface area (Å²) in [4.78, 5) is 23.9. The number of halogens is 1. The monoisotopic (exact) mass is 443 g/mol. The number of hydrogen-bond donors (Lipinski definition) is 2. The summed E-state index contributed by atoms with van der Waals surface area (Å²) in [5.74, 6) is 2.67. The molecule has 0 fully saturated rings. The number of anilines is 1. The molecule has 0 aliphatic rings. The van der Waals surface area contributed by atoms with E-state index in [1.807, 2.05) is 6.92 Å². The van der Waals surface area contributed by atoms with Crippen LogP contribution in [-0.4, -0.2) is 38.4 Å². The molecule has 0 aliphatic heterocycles. The molecule has 2 aromatic carbocycles. The highest BCUT2D eigenvalue weighted by Gasteiger charge is 2.12. The minimum absolute atomic E-state index is 0.0400. The summed E-state index contributed by atoms with van der Waals surface area (Å²) in [5.41, 5.74) is 3.39. The van der Waals surface area contributed by atoms with Crippen molar-refractivity contribution in [2.75, 3.05) is 25.6 Å². The highest BCUT2D eigenvalue weighted by atomic mass is 35.5. The molecule has 0 saturated carbocycles. The fraction of sp³-hybridized carbons (Fsp3) is 0.227. The zero-order valence-corrected chi connectivity index (χ0v) is 17.9. The zero-order chi connectivity index (χ0) is 22.6. The van der Waals surface area contributed by atoms with Gasteiger partial charge in [-0.2, -0.15) is 5.10 Å². The van der Waals surface area contributed by atoms with Gasteiger partial charge < -0.3 is 19.5 Å². The van der Waals surface area contributed by atoms with Gasteiger partial charge in [-0.15, -0.1) is 6.42 Å². The molecular formula is C22H22ClN3O5. The van der Waals surface area contributed by atoms with E-state index < -0.39 is 18.2 Å². The van der Waals surface area contributed by atoms with E-state index in [2.05, 4.69) is 21.8 Å². The SMILES string of the molecule is C#CCOc1c(Cl)cc(C=NNC(=O)CC(=O)Nc2ccc(OCC)cc2)cc1OC. The van der Waals surface area contributed by atoms with E-state index in [0.29, 0.717) is 35.1 Å². The number of terminal acetylenes is 1. The molecule has 0 saturated heterocycles. The minimum atomic E-state index is -0.577. The van der Waals surface area contributed by atoms with Gasteiger partial charge in [0.2, 0.25) is 11.8 Å². The molecule has 162 valence electrons. The largest absolute Gasteiger partial charge is 0.494 e. The summed E-state index contributed by atoms with van der Waals surface area (Å²) in [7, 11) is 1.46. The van der Waals surface area contributed by atoms with Crippen molar-refractivity contribution in [3.8, 4) is 29.6 Å². The van der Waals surface area contributed by atoms with E-state index >= 15 is 0 Å². The van der Waals surface area contributed by atoms with Gasteiger partial charge in [-0.05, 0) is 48.9 Å². The van der Waals surface area contributed by atoms with Crippen molar-refractivity contribution in [1.82, 2.24) is 5.43 Å². The first-order valence-electron chi connectivity index (χ1n) is 9.25. The van der Waals surface area contributed by atoms with Crippen LogP contribution in [0.5, 0.6) is 17.2 Å². The maximum Gasteiger partial charge on any atom is 0.249 e. The predicted octanol–water partition coefficient (Wildman–Crippen LogP) is 3.24. The van der Waals surface area contributed by atoms with Crippen LogP contribution in [-0.2, 0) is 9.59 Å². The first kappa shape index (κ1) is 23.6. The van der Waals surface area contributed by atoms with Gasteiger partial charge >= 0.3 is 0 Å². The fourth-order valence-corrected chi connectivity index (χ4v) is 2.71. The summed E-state index contributed by atoms with van der Waals surface area (Å²) < 4.78 is 15.9. The van der Waals surface area contributed by atoms with Crippen LogP contribution in [0.25, 0.3) is 0 Å². The zero-order valence-electron chi connectivity index (χ0n) is 17.1. The maximum atomic E-state index is 12.0. The Bertz CT molecular complexity index is 984. The van der Waals surface area contributed by atoms with Gasteiger partial charge in [0.15, 0.2) is 11.5 Å². The first-order chi connectivity index (χ1) is 15.0. The van der Waals surface area contributed by atoms with Gasteiger partial charge in [-0.1, -0.05) is 17.5 Å². The van der Waals surface area contributed by atoms with Gasteiger partial charge in [0, 0.05) is 5.69 Å². The predicted molar refractivity (Wildman–Crippen MR) is 119 cm³/mol. The second kappa shape index (κ2) is 12.1. The van der Waals surface area contributed by atoms with E-state index in [-0.39, 0.29) is 11.6 Å². The quantitative estimate of drug-likeness (QED) is 0.254. The molecule has 9 heteroatoms. The molecule has 31 heavy (non-hydrogen) atoms. The lowest BCUT2D eigenvalue weighted by molar-refractivity contribution is -0.126. The fourth-order valence-electron chi connectivity index (χ4n) is 2.44. The molecule has 2 N–H and O–H groups in total. The van der Waals surface area contributed by atoms with Crippen molar-refractivity contribution < 1.29 is 23.8 Å². The number of rotatable bonds is 10. The van der Waals surface area contributed by atoms with Crippen molar-refractivity contribution in [2.24, 2.45) is 5.10 Å². The van der Waals surface area contributed by atoms with Crippen molar-refractivity contribution in [1.29, 1.82) is 0 Å². The van der Waals surface area contributed by atoms with Crippen LogP contribution >= 0.6 is 11.6 Å². The third-order valence-electron chi connectivity index (χ3n) is 3.72. The van der Waals surface area contributed by atoms with E-state index in [9.17, 15) is 9.59 Å². The number of nitrogens with one attached hydrogen (secondary N) is 2. The van der Waals surface area contributed by atoms with Gasteiger partial charge in [0.05, 0.1) is 25.0 Å². The van der Waals surface area contributed by atoms with E-state index in [1.54, 1.807) is 36.4 Å². The highest BCUT2D eigenvalue weighted by Crippen LogP contribution is 2.35. The summed E-state index contributed by atoms with van der Waals surface area (Å²) in [6, 6.07) is 10.0. The molecular weight excluding hydrogens is 422 g/mol. The minimum Gasteiger partial charge on any atom is -0.494 e. The Morgan fingerprint density at radius 3 is 2.58 bits per heavy atom. The van der Waals surface area contributed by atoms with Crippen LogP contribution in [0.3, 0.4) is 0 Å². The number of carbonyl (C=O) groups is 2. The van der Waals surface area contributed by atoms with Crippen molar-refractivity contribution in [2.45, 2.75) is 13.3 Å². The van der Waals surface area contributed by atoms with Crippen LogP contribution < -0.4 is 25.0 Å². The smallest absolute Gasteiger partial charge is 0.249 e. The Balaban J connectivity index is 1.89. The van der Waals surface area contributed by atoms with Crippen LogP contribution in [0.4, 0.5) is 5.69 Å². The summed E-state index contributed by atoms with van der Waals surface area (Å²) in [6.45, 7) is 2.47. The highest BCUT2D eigenvalue weighted by molar-refractivity contribution is 6.32. The molecule has 0 spiro atoms. The van der Waals surface area contributed by atoms with Crippen LogP contribution in [0.15, 0.2) is 41.5 Å². The summed E-state index contributed by atoms with van der Waals surface area (Å²) >= 11 is 6.18. The summed E-state index contributed by atoms with van der Waals surface area (Å²) in [5, 5.41) is 6.74. The van der Waals surface area contributed by atoms with Crippen LogP contribution in [0, 0.1) is 12.3 Å². The first-order valence-corrected chi connectivity index (χ1v) is 9.63. The second-order valence-corrected chi connectivity index (χ2v) is 6.41. The molecule has 0 atom stereocenters. The Hall–Kier alpha value is -3.70. The Morgan fingerprint density at radius 2 is 1.94 bits per heavy atom. The number of carbonyl (C=O) groups excluding carboxylic acids is 2. The third-order valence-corrected chi connectivity index (χ3v) is 4.01. The number of nitrogens with zero attached hydrogens (tertiary/aromatic N) is 1. The average Bonchev–Trinajstić information content (AvgIpc) is 2.74. The lowest BCUT2D eigenvalue weighted by Gasteiger charge is -2.11. The number of benzene rings is 2. The Labute approximate surface area is 185 Å². The van der Waals surface area contributed by atoms with Crippen molar-refractivity contribution in [3.63, 3.8) is 0 Å². The molecule has 0 bridgehead atoms. The molecule has 8 nitrogen and oxygen atoms in total. The van der Waals surface area contributed by atoms with Crippen LogP contribution in [0.2, 0.25) is 5.02 Å². The molecule has 0 radical (unpaired) electrons. The molecule has 0 aromatic heterocycles. The van der Waals surface area contributed by atoms with E-state index in [1.165, 1.54) is 13.3 Å². The molecule has 0 heterocycles. The average molecular weight is 444 g/mol. The van der Waals surface area contributed by atoms with Crippen LogP contribution in [0.1, 0.15) is 18.9 Å². The van der Waals surface area contributed by atoms with Gasteiger partial charge in [-0.3, -0.25) is 9.59 Å². The van der Waals surface area contributed by atoms with E-state index in [4.69, 9.17) is 32.2 Å². The lowest BCUT2D eigenvalue weighted by atomic mass is 10.2. The number of amides is 2. The Kier molecular flexibility index (Phi) is 9.20. The maximum absolute atomic E-state index is 12.0. The molecule has 0 unspecified atom stereocenters. The third kappa shape index (κ3) is 7.57. The standard InChI is InChI=1S/C22H22ClN3O5/c1-4-10-31-22-18(23)11-15(12-19(22)29-3)14-24-26-21(28)13-20(27)25-16-6-8-17(9-7-16)30-5-2/h1,6-9,11-12,14H,5,10,13H2,2-3H3,(H,25,27)(H,26,28). The number of hydrogen-bond acceptors (Lipinski definition) is 6. The molecule has 2 aromatic rings. The number of hydrazone groups is 1. The Morgan fingerprint density at radius 1 is 1.19 bits per heavy atom. The van der Waals surface area contributed by atoms with Gasteiger partial charge in [0.25, 0.3) is 0 Å². The molecule has 0 aliphatic carbocycles. The van der Waals surface area contributed by atoms with Crippen molar-refractivity contribution in [3.05, 3.63) is 47.0 Å². The second-order valence-electron chi connectivity index (χ2n) is 6.00. The van der Waals surface area contributed by atoms with Gasteiger partial charge in [-0.25, -0.2) is 5.43 Å². The lowest BCUT2D eigenvalue weighted by Crippen LogP contribution is -2.24. The number of ether oxygens (including phenoxy) is 3. The normalized spacial score (nSPS) is 10.3. The number of methoxy groups -OCH3 is 1.